The molecule has 2 rings (SSSR count). The van der Waals surface area contributed by atoms with Crippen LogP contribution in [0.5, 0.6) is 0 Å². The van der Waals surface area contributed by atoms with Gasteiger partial charge in [-0.3, -0.25) is 4.79 Å². The van der Waals surface area contributed by atoms with Crippen LogP contribution in [0.2, 0.25) is 0 Å². The predicted octanol–water partition coefficient (Wildman–Crippen LogP) is 4.18. The van der Waals surface area contributed by atoms with E-state index in [1.165, 1.54) is 45.6 Å². The summed E-state index contributed by atoms with van der Waals surface area (Å²) in [6.45, 7) is 4.86. The van der Waals surface area contributed by atoms with Crippen LogP contribution in [0, 0.1) is 23.2 Å². The maximum atomic E-state index is 11.3. The van der Waals surface area contributed by atoms with Crippen molar-refractivity contribution in [2.24, 2.45) is 23.2 Å². The Morgan fingerprint density at radius 1 is 1.33 bits per heavy atom. The maximum absolute atomic E-state index is 11.3. The number of carbonyl (C=O) groups excluding carboxylic acids is 1. The molecule has 2 aliphatic carbocycles. The van der Waals surface area contributed by atoms with E-state index in [2.05, 4.69) is 13.8 Å². The van der Waals surface area contributed by atoms with E-state index in [1.54, 1.807) is 0 Å². The molecule has 4 atom stereocenters. The van der Waals surface area contributed by atoms with Gasteiger partial charge in [-0.2, -0.15) is 0 Å². The number of carbonyl (C=O) groups is 1. The largest absolute Gasteiger partial charge is 0.469 e. The molecule has 0 spiro atoms. The van der Waals surface area contributed by atoms with Gasteiger partial charge in [0.2, 0.25) is 0 Å². The second-order valence-electron chi connectivity index (χ2n) is 6.72. The summed E-state index contributed by atoms with van der Waals surface area (Å²) in [4.78, 5) is 11.3. The average molecular weight is 252 g/mol. The van der Waals surface area contributed by atoms with Crippen molar-refractivity contribution in [2.75, 3.05) is 7.11 Å². The molecule has 2 aliphatic rings. The first-order chi connectivity index (χ1) is 8.58. The number of hydrogen-bond donors (Lipinski definition) is 0. The lowest BCUT2D eigenvalue weighted by Crippen LogP contribution is -2.35. The van der Waals surface area contributed by atoms with E-state index in [1.807, 2.05) is 0 Å². The summed E-state index contributed by atoms with van der Waals surface area (Å²) in [7, 11) is 1.49. The zero-order chi connectivity index (χ0) is 13.2. The lowest BCUT2D eigenvalue weighted by atomic mass is 9.62. The van der Waals surface area contributed by atoms with Gasteiger partial charge in [-0.05, 0) is 55.3 Å². The minimum Gasteiger partial charge on any atom is -0.469 e. The summed E-state index contributed by atoms with van der Waals surface area (Å²) in [6.07, 6.45) is 10.1. The monoisotopic (exact) mass is 252 g/mol. The van der Waals surface area contributed by atoms with Crippen molar-refractivity contribution >= 4 is 5.97 Å². The summed E-state index contributed by atoms with van der Waals surface area (Å²) in [5, 5.41) is 0. The molecule has 0 aromatic heterocycles. The van der Waals surface area contributed by atoms with Crippen molar-refractivity contribution in [1.29, 1.82) is 0 Å². The van der Waals surface area contributed by atoms with Gasteiger partial charge in [-0.25, -0.2) is 0 Å². The Balaban J connectivity index is 1.93. The third-order valence-corrected chi connectivity index (χ3v) is 5.84. The molecule has 0 saturated heterocycles. The predicted molar refractivity (Wildman–Crippen MR) is 73.2 cm³/mol. The van der Waals surface area contributed by atoms with Crippen LogP contribution in [0.4, 0.5) is 0 Å². The second kappa shape index (κ2) is 5.63. The van der Waals surface area contributed by atoms with E-state index in [0.29, 0.717) is 17.8 Å². The van der Waals surface area contributed by atoms with Crippen molar-refractivity contribution in [2.45, 2.75) is 65.2 Å². The maximum Gasteiger partial charge on any atom is 0.305 e. The fourth-order valence-corrected chi connectivity index (χ4v) is 4.69. The molecule has 2 heteroatoms. The number of fused-ring (bicyclic) bond motifs is 1. The number of esters is 1. The van der Waals surface area contributed by atoms with Crippen molar-refractivity contribution in [3.8, 4) is 0 Å². The topological polar surface area (TPSA) is 26.3 Å². The van der Waals surface area contributed by atoms with Crippen molar-refractivity contribution in [3.05, 3.63) is 0 Å². The summed E-state index contributed by atoms with van der Waals surface area (Å²) in [6, 6.07) is 0. The Morgan fingerprint density at radius 3 is 2.83 bits per heavy atom. The van der Waals surface area contributed by atoms with Crippen molar-refractivity contribution in [1.82, 2.24) is 0 Å². The summed E-state index contributed by atoms with van der Waals surface area (Å²) in [5.41, 5.74) is 0.563. The van der Waals surface area contributed by atoms with Crippen LogP contribution in [0.3, 0.4) is 0 Å². The summed E-state index contributed by atoms with van der Waals surface area (Å²) >= 11 is 0. The van der Waals surface area contributed by atoms with E-state index < -0.39 is 0 Å². The lowest BCUT2D eigenvalue weighted by molar-refractivity contribution is -0.141. The smallest absolute Gasteiger partial charge is 0.305 e. The Morgan fingerprint density at radius 2 is 2.11 bits per heavy atom. The standard InChI is InChI=1S/C16H28O2/c1-12(7-10-15(17)18-3)14-9-8-13-6-4-5-11-16(13,14)2/h12-14H,4-11H2,1-3H3. The molecule has 0 aliphatic heterocycles. The highest BCUT2D eigenvalue weighted by Gasteiger charge is 2.48. The van der Waals surface area contributed by atoms with Gasteiger partial charge in [0.1, 0.15) is 0 Å². The van der Waals surface area contributed by atoms with E-state index in [0.717, 1.165) is 18.3 Å². The Kier molecular flexibility index (Phi) is 4.34. The van der Waals surface area contributed by atoms with Gasteiger partial charge in [-0.1, -0.05) is 26.7 Å². The van der Waals surface area contributed by atoms with Gasteiger partial charge < -0.3 is 4.74 Å². The first-order valence-corrected chi connectivity index (χ1v) is 7.64. The van der Waals surface area contributed by atoms with Gasteiger partial charge in [0.05, 0.1) is 7.11 Å². The minimum atomic E-state index is -0.0507. The number of ether oxygens (including phenoxy) is 1. The Labute approximate surface area is 111 Å². The number of rotatable bonds is 4. The molecule has 0 N–H and O–H groups in total. The van der Waals surface area contributed by atoms with Gasteiger partial charge in [0.25, 0.3) is 0 Å². The van der Waals surface area contributed by atoms with Crippen molar-refractivity contribution < 1.29 is 9.53 Å². The summed E-state index contributed by atoms with van der Waals surface area (Å²) < 4.78 is 4.76. The highest BCUT2D eigenvalue weighted by atomic mass is 16.5. The number of methoxy groups -OCH3 is 1. The molecule has 0 radical (unpaired) electrons. The van der Waals surface area contributed by atoms with Crippen LogP contribution in [-0.2, 0) is 9.53 Å². The molecular formula is C16H28O2. The Hall–Kier alpha value is -0.530. The van der Waals surface area contributed by atoms with Crippen LogP contribution < -0.4 is 0 Å². The van der Waals surface area contributed by atoms with Crippen LogP contribution in [0.25, 0.3) is 0 Å². The highest BCUT2D eigenvalue weighted by Crippen LogP contribution is 2.58. The van der Waals surface area contributed by atoms with E-state index in [4.69, 9.17) is 4.74 Å². The second-order valence-corrected chi connectivity index (χ2v) is 6.72. The fourth-order valence-electron chi connectivity index (χ4n) is 4.69. The minimum absolute atomic E-state index is 0.0507. The molecule has 0 bridgehead atoms. The van der Waals surface area contributed by atoms with Crippen LogP contribution in [0.1, 0.15) is 65.2 Å². The van der Waals surface area contributed by atoms with Crippen LogP contribution in [-0.4, -0.2) is 13.1 Å². The van der Waals surface area contributed by atoms with Gasteiger partial charge in [0.15, 0.2) is 0 Å². The molecule has 18 heavy (non-hydrogen) atoms. The normalized spacial score (nSPS) is 37.1. The molecule has 0 aromatic carbocycles. The van der Waals surface area contributed by atoms with E-state index >= 15 is 0 Å². The van der Waals surface area contributed by atoms with Gasteiger partial charge >= 0.3 is 5.97 Å². The highest BCUT2D eigenvalue weighted by molar-refractivity contribution is 5.69. The zero-order valence-electron chi connectivity index (χ0n) is 12.2. The van der Waals surface area contributed by atoms with Crippen LogP contribution in [0.15, 0.2) is 0 Å². The first kappa shape index (κ1) is 13.9. The van der Waals surface area contributed by atoms with Crippen LogP contribution >= 0.6 is 0 Å². The quantitative estimate of drug-likeness (QED) is 0.701. The fraction of sp³-hybridized carbons (Fsp3) is 0.938. The third-order valence-electron chi connectivity index (χ3n) is 5.84. The van der Waals surface area contributed by atoms with E-state index in [9.17, 15) is 4.79 Å². The summed E-state index contributed by atoms with van der Waals surface area (Å²) in [5.74, 6) is 2.40. The average Bonchev–Trinajstić information content (AvgIpc) is 2.72. The molecule has 4 unspecified atom stereocenters. The molecule has 2 nitrogen and oxygen atoms in total. The van der Waals surface area contributed by atoms with Crippen molar-refractivity contribution in [3.63, 3.8) is 0 Å². The molecular weight excluding hydrogens is 224 g/mol. The molecule has 0 heterocycles. The molecule has 2 saturated carbocycles. The molecule has 0 amide bonds. The van der Waals surface area contributed by atoms with Gasteiger partial charge in [-0.15, -0.1) is 0 Å². The SMILES string of the molecule is COC(=O)CCC(C)C1CCC2CCCCC21C. The molecule has 0 aromatic rings. The lowest BCUT2D eigenvalue weighted by Gasteiger charge is -2.43. The first-order valence-electron chi connectivity index (χ1n) is 7.64. The zero-order valence-corrected chi connectivity index (χ0v) is 12.2. The Bertz CT molecular complexity index is 299. The number of hydrogen-bond acceptors (Lipinski definition) is 2. The third kappa shape index (κ3) is 2.57. The van der Waals surface area contributed by atoms with Gasteiger partial charge in [0, 0.05) is 6.42 Å². The molecule has 104 valence electrons. The molecule has 2 fully saturated rings. The van der Waals surface area contributed by atoms with E-state index in [-0.39, 0.29) is 5.97 Å².